The first-order valence-corrected chi connectivity index (χ1v) is 5.28. The molecule has 0 saturated heterocycles. The van der Waals surface area contributed by atoms with Crippen molar-refractivity contribution in [3.05, 3.63) is 22.4 Å². The molecule has 5 nitrogen and oxygen atoms in total. The van der Waals surface area contributed by atoms with E-state index in [0.717, 1.165) is 11.3 Å². The van der Waals surface area contributed by atoms with Gasteiger partial charge in [-0.15, -0.1) is 0 Å². The van der Waals surface area contributed by atoms with E-state index >= 15 is 0 Å². The lowest BCUT2D eigenvalue weighted by molar-refractivity contribution is 0.681. The average Bonchev–Trinajstić information content (AvgIpc) is 2.86. The van der Waals surface area contributed by atoms with Gasteiger partial charge in [-0.2, -0.15) is 5.10 Å². The fourth-order valence-corrected chi connectivity index (χ4v) is 2.27. The van der Waals surface area contributed by atoms with E-state index in [-0.39, 0.29) is 5.56 Å². The molecule has 0 amide bonds. The van der Waals surface area contributed by atoms with Gasteiger partial charge in [0.05, 0.1) is 11.7 Å². The Hall–Kier alpha value is -1.65. The fourth-order valence-electron chi connectivity index (χ4n) is 2.27. The third-order valence-electron chi connectivity index (χ3n) is 3.07. The normalized spacial score (nSPS) is 17.6. The number of hydrogen-bond acceptors (Lipinski definition) is 3. The van der Waals surface area contributed by atoms with Crippen LogP contribution in [0.3, 0.4) is 0 Å². The van der Waals surface area contributed by atoms with Crippen LogP contribution in [0.1, 0.15) is 37.4 Å². The molecular weight excluding hydrogens is 192 g/mol. The molecule has 78 valence electrons. The minimum atomic E-state index is -0.215. The lowest BCUT2D eigenvalue weighted by Gasteiger charge is -2.02. The number of aromatic nitrogens is 4. The molecule has 1 fully saturated rings. The van der Waals surface area contributed by atoms with Gasteiger partial charge in [-0.05, 0) is 12.8 Å². The summed E-state index contributed by atoms with van der Waals surface area (Å²) in [7, 11) is 0. The standard InChI is InChI=1S/C10H12N4O/c15-10-8-7(5-11-14-10)12-9(13-8)6-3-1-2-4-6/h5-6H,1-4H2,(H,12,13)(H,14,15). The summed E-state index contributed by atoms with van der Waals surface area (Å²) in [5.74, 6) is 1.44. The molecular formula is C10H12N4O. The molecule has 0 radical (unpaired) electrons. The van der Waals surface area contributed by atoms with Crippen molar-refractivity contribution < 1.29 is 0 Å². The maximum absolute atomic E-state index is 11.4. The van der Waals surface area contributed by atoms with E-state index in [9.17, 15) is 4.79 Å². The monoisotopic (exact) mass is 204 g/mol. The highest BCUT2D eigenvalue weighted by Crippen LogP contribution is 2.32. The second-order valence-electron chi connectivity index (χ2n) is 4.06. The Morgan fingerprint density at radius 2 is 2.13 bits per heavy atom. The molecule has 0 aliphatic heterocycles. The van der Waals surface area contributed by atoms with Crippen molar-refractivity contribution in [3.8, 4) is 0 Å². The lowest BCUT2D eigenvalue weighted by Crippen LogP contribution is -2.07. The first-order chi connectivity index (χ1) is 7.34. The van der Waals surface area contributed by atoms with E-state index in [1.165, 1.54) is 25.7 Å². The van der Waals surface area contributed by atoms with Crippen molar-refractivity contribution in [2.75, 3.05) is 0 Å². The van der Waals surface area contributed by atoms with E-state index < -0.39 is 0 Å². The smallest absolute Gasteiger partial charge is 0.292 e. The largest absolute Gasteiger partial charge is 0.340 e. The predicted molar refractivity (Wildman–Crippen MR) is 55.7 cm³/mol. The maximum Gasteiger partial charge on any atom is 0.292 e. The fraction of sp³-hybridized carbons (Fsp3) is 0.500. The molecule has 0 atom stereocenters. The first kappa shape index (κ1) is 8.64. The van der Waals surface area contributed by atoms with Crippen LogP contribution in [0.4, 0.5) is 0 Å². The quantitative estimate of drug-likeness (QED) is 0.735. The zero-order valence-electron chi connectivity index (χ0n) is 8.29. The molecule has 3 rings (SSSR count). The van der Waals surface area contributed by atoms with Crippen LogP contribution in [0, 0.1) is 0 Å². The summed E-state index contributed by atoms with van der Waals surface area (Å²) in [4.78, 5) is 18.9. The molecule has 0 unspecified atom stereocenters. The van der Waals surface area contributed by atoms with Gasteiger partial charge in [-0.3, -0.25) is 4.79 Å². The number of rotatable bonds is 1. The second-order valence-corrected chi connectivity index (χ2v) is 4.06. The molecule has 2 aromatic rings. The molecule has 0 aromatic carbocycles. The zero-order valence-corrected chi connectivity index (χ0v) is 8.29. The van der Waals surface area contributed by atoms with Crippen LogP contribution in [0.25, 0.3) is 11.0 Å². The topological polar surface area (TPSA) is 74.4 Å². The number of nitrogens with zero attached hydrogens (tertiary/aromatic N) is 2. The number of H-pyrrole nitrogens is 2. The molecule has 2 N–H and O–H groups in total. The SMILES string of the molecule is O=c1[nH]ncc2[nH]c(C3CCCC3)nc12. The van der Waals surface area contributed by atoms with E-state index in [2.05, 4.69) is 20.2 Å². The van der Waals surface area contributed by atoms with Crippen LogP contribution in [0.5, 0.6) is 0 Å². The minimum absolute atomic E-state index is 0.215. The maximum atomic E-state index is 11.4. The minimum Gasteiger partial charge on any atom is -0.340 e. The van der Waals surface area contributed by atoms with Crippen LogP contribution >= 0.6 is 0 Å². The van der Waals surface area contributed by atoms with Gasteiger partial charge < -0.3 is 4.98 Å². The van der Waals surface area contributed by atoms with Crippen LogP contribution in [0.15, 0.2) is 11.0 Å². The number of fused-ring (bicyclic) bond motifs is 1. The van der Waals surface area contributed by atoms with E-state index in [1.54, 1.807) is 6.20 Å². The van der Waals surface area contributed by atoms with Crippen molar-refractivity contribution >= 4 is 11.0 Å². The lowest BCUT2D eigenvalue weighted by atomic mass is 10.1. The van der Waals surface area contributed by atoms with Crippen LogP contribution in [-0.4, -0.2) is 20.2 Å². The molecule has 0 spiro atoms. The summed E-state index contributed by atoms with van der Waals surface area (Å²) >= 11 is 0. The third kappa shape index (κ3) is 1.35. The van der Waals surface area contributed by atoms with Gasteiger partial charge in [0.25, 0.3) is 5.56 Å². The Morgan fingerprint density at radius 3 is 2.87 bits per heavy atom. The van der Waals surface area contributed by atoms with Gasteiger partial charge in [-0.1, -0.05) is 12.8 Å². The molecule has 0 bridgehead atoms. The van der Waals surface area contributed by atoms with E-state index in [1.807, 2.05) is 0 Å². The van der Waals surface area contributed by atoms with Crippen molar-refractivity contribution in [3.63, 3.8) is 0 Å². The average molecular weight is 204 g/mol. The summed E-state index contributed by atoms with van der Waals surface area (Å²) < 4.78 is 0. The van der Waals surface area contributed by atoms with Gasteiger partial charge in [0, 0.05) is 5.92 Å². The second kappa shape index (κ2) is 3.18. The summed E-state index contributed by atoms with van der Waals surface area (Å²) in [5, 5.41) is 6.13. The van der Waals surface area contributed by atoms with Crippen molar-refractivity contribution in [1.29, 1.82) is 0 Å². The van der Waals surface area contributed by atoms with Crippen LogP contribution < -0.4 is 5.56 Å². The number of aromatic amines is 2. The highest BCUT2D eigenvalue weighted by Gasteiger charge is 2.20. The Morgan fingerprint density at radius 1 is 1.33 bits per heavy atom. The Balaban J connectivity index is 2.13. The number of nitrogens with one attached hydrogen (secondary N) is 2. The van der Waals surface area contributed by atoms with Crippen molar-refractivity contribution in [2.24, 2.45) is 0 Å². The number of hydrogen-bond donors (Lipinski definition) is 2. The molecule has 1 aliphatic carbocycles. The summed E-state index contributed by atoms with van der Waals surface area (Å²) in [6.45, 7) is 0. The van der Waals surface area contributed by atoms with Crippen LogP contribution in [-0.2, 0) is 0 Å². The van der Waals surface area contributed by atoms with Gasteiger partial charge in [0.1, 0.15) is 5.82 Å². The van der Waals surface area contributed by atoms with Gasteiger partial charge in [-0.25, -0.2) is 10.1 Å². The van der Waals surface area contributed by atoms with Gasteiger partial charge in [0.2, 0.25) is 0 Å². The Bertz CT molecular complexity index is 536. The molecule has 2 heterocycles. The first-order valence-electron chi connectivity index (χ1n) is 5.28. The summed E-state index contributed by atoms with van der Waals surface area (Å²) in [5.41, 5.74) is 1.00. The predicted octanol–water partition coefficient (Wildman–Crippen LogP) is 1.30. The molecule has 5 heteroatoms. The highest BCUT2D eigenvalue weighted by molar-refractivity contribution is 5.72. The summed E-state index contributed by atoms with van der Waals surface area (Å²) in [6.07, 6.45) is 6.48. The van der Waals surface area contributed by atoms with Crippen molar-refractivity contribution in [2.45, 2.75) is 31.6 Å². The zero-order chi connectivity index (χ0) is 10.3. The van der Waals surface area contributed by atoms with E-state index in [4.69, 9.17) is 0 Å². The van der Waals surface area contributed by atoms with Crippen LogP contribution in [0.2, 0.25) is 0 Å². The van der Waals surface area contributed by atoms with Gasteiger partial charge in [0.15, 0.2) is 5.52 Å². The summed E-state index contributed by atoms with van der Waals surface area (Å²) in [6, 6.07) is 0. The highest BCUT2D eigenvalue weighted by atomic mass is 16.1. The van der Waals surface area contributed by atoms with Crippen molar-refractivity contribution in [1.82, 2.24) is 20.2 Å². The molecule has 2 aromatic heterocycles. The van der Waals surface area contributed by atoms with Gasteiger partial charge >= 0.3 is 0 Å². The molecule has 1 saturated carbocycles. The molecule has 1 aliphatic rings. The number of imidazole rings is 1. The Labute approximate surface area is 85.9 Å². The van der Waals surface area contributed by atoms with E-state index in [0.29, 0.717) is 11.4 Å². The molecule has 15 heavy (non-hydrogen) atoms. The Kier molecular flexibility index (Phi) is 1.83. The third-order valence-corrected chi connectivity index (χ3v) is 3.07.